The molecule has 0 amide bonds. The Kier molecular flexibility index (Phi) is 52.3. The van der Waals surface area contributed by atoms with Crippen LogP contribution in [-0.4, -0.2) is 0 Å². The SMILES string of the molecule is C#N.[CH3][Au][CH3]. The molecule has 0 aromatic carbocycles. The Morgan fingerprint density at radius 1 is 1.40 bits per heavy atom. The van der Waals surface area contributed by atoms with E-state index in [0.29, 0.717) is 19.8 Å². The molecule has 0 saturated heterocycles. The van der Waals surface area contributed by atoms with Gasteiger partial charge in [-0.25, -0.2) is 5.26 Å². The molecule has 2 heteroatoms. The number of hydrogen-bond donors (Lipinski definition) is 0. The van der Waals surface area contributed by atoms with Gasteiger partial charge in [0.15, 0.2) is 0 Å². The first kappa shape index (κ1) is 8.97. The first-order valence-electron chi connectivity index (χ1n) is 0.861. The molecule has 0 rings (SSSR count). The van der Waals surface area contributed by atoms with Crippen molar-refractivity contribution in [3.63, 3.8) is 0 Å². The van der Waals surface area contributed by atoms with Crippen LogP contribution < -0.4 is 0 Å². The summed E-state index contributed by atoms with van der Waals surface area (Å²) >= 11 is 0.667. The fourth-order valence-electron chi connectivity index (χ4n) is 0. The number of hydrogen-bond acceptors (Lipinski definition) is 1. The van der Waals surface area contributed by atoms with Gasteiger partial charge in [0.2, 0.25) is 0 Å². The van der Waals surface area contributed by atoms with E-state index in [2.05, 4.69) is 16.9 Å². The molecule has 0 aliphatic heterocycles. The standard InChI is InChI=1S/CHN.2CH3.Au/c1-2;;;/h1H;2*1H3;. The van der Waals surface area contributed by atoms with E-state index >= 15 is 0 Å². The molecule has 0 bridgehead atoms. The molecule has 0 atom stereocenters. The van der Waals surface area contributed by atoms with Gasteiger partial charge < -0.3 is 0 Å². The number of nitrogens with zero attached hydrogens (tertiary/aromatic N) is 1. The van der Waals surface area contributed by atoms with E-state index in [1.807, 2.05) is 0 Å². The predicted molar refractivity (Wildman–Crippen MR) is 18.4 cm³/mol. The van der Waals surface area contributed by atoms with Gasteiger partial charge in [0, 0.05) is 6.57 Å². The molecule has 35 valence electrons. The summed E-state index contributed by atoms with van der Waals surface area (Å²) in [4.78, 5) is 0. The van der Waals surface area contributed by atoms with E-state index < -0.39 is 0 Å². The molecule has 0 unspecified atom stereocenters. The molecule has 1 nitrogen and oxygen atoms in total. The molecule has 5 heavy (non-hydrogen) atoms. The van der Waals surface area contributed by atoms with Crippen molar-refractivity contribution in [2.45, 2.75) is 10.3 Å². The zero-order valence-corrected chi connectivity index (χ0v) is 5.49. The van der Waals surface area contributed by atoms with Crippen LogP contribution >= 0.6 is 0 Å². The molecule has 0 heterocycles. The van der Waals surface area contributed by atoms with Crippen molar-refractivity contribution in [1.29, 1.82) is 5.26 Å². The van der Waals surface area contributed by atoms with Crippen molar-refractivity contribution in [1.82, 2.24) is 0 Å². The van der Waals surface area contributed by atoms with Crippen LogP contribution in [0.15, 0.2) is 0 Å². The van der Waals surface area contributed by atoms with Crippen LogP contribution in [0.25, 0.3) is 0 Å². The molecule has 0 fully saturated rings. The van der Waals surface area contributed by atoms with Gasteiger partial charge in [-0.3, -0.25) is 0 Å². The third-order valence-electron chi connectivity index (χ3n) is 0. The summed E-state index contributed by atoms with van der Waals surface area (Å²) in [5.41, 5.74) is 0. The van der Waals surface area contributed by atoms with Crippen molar-refractivity contribution in [2.24, 2.45) is 0 Å². The van der Waals surface area contributed by atoms with Crippen molar-refractivity contribution in [3.8, 4) is 6.57 Å². The van der Waals surface area contributed by atoms with Crippen LogP contribution in [0, 0.1) is 11.8 Å². The van der Waals surface area contributed by atoms with E-state index in [1.165, 1.54) is 0 Å². The Hall–Kier alpha value is 0.230. The first-order valence-corrected chi connectivity index (χ1v) is 5.19. The molecule has 0 aromatic heterocycles. The Bertz CT molecular complexity index is 18.1. The molecule has 0 aliphatic carbocycles. The monoisotopic (exact) mass is 254 g/mol. The van der Waals surface area contributed by atoms with E-state index in [1.54, 1.807) is 0 Å². The van der Waals surface area contributed by atoms with Crippen LogP contribution in [0.1, 0.15) is 0 Å². The van der Waals surface area contributed by atoms with E-state index in [-0.39, 0.29) is 0 Å². The minimum absolute atomic E-state index is 0.667. The average molecular weight is 254 g/mol. The zero-order valence-electron chi connectivity index (χ0n) is 3.33. The Labute approximate surface area is 42.3 Å². The summed E-state index contributed by atoms with van der Waals surface area (Å²) in [5, 5.41) is 10.9. The second-order valence-corrected chi connectivity index (χ2v) is 2.47. The van der Waals surface area contributed by atoms with Crippen LogP contribution in [-0.2, 0) is 19.8 Å². The van der Waals surface area contributed by atoms with Crippen LogP contribution in [0.4, 0.5) is 0 Å². The summed E-state index contributed by atoms with van der Waals surface area (Å²) in [6.45, 7) is 3.50. The van der Waals surface area contributed by atoms with Gasteiger partial charge in [-0.05, 0) is 0 Å². The Morgan fingerprint density at radius 2 is 1.40 bits per heavy atom. The topological polar surface area (TPSA) is 23.8 Å². The maximum absolute atomic E-state index is 6.50. The Morgan fingerprint density at radius 3 is 1.40 bits per heavy atom. The summed E-state index contributed by atoms with van der Waals surface area (Å²) in [5.74, 6) is 0. The maximum atomic E-state index is 6.50. The molecule has 0 aromatic rings. The zero-order chi connectivity index (χ0) is 4.71. The van der Waals surface area contributed by atoms with Crippen LogP contribution in [0.3, 0.4) is 0 Å². The number of rotatable bonds is 0. The fraction of sp³-hybridized carbons (Fsp3) is 0.667. The van der Waals surface area contributed by atoms with Gasteiger partial charge in [-0.1, -0.05) is 0 Å². The van der Waals surface area contributed by atoms with Crippen molar-refractivity contribution >= 4 is 0 Å². The van der Waals surface area contributed by atoms with E-state index in [0.717, 1.165) is 0 Å². The fourth-order valence-corrected chi connectivity index (χ4v) is 0. The molecule has 0 N–H and O–H groups in total. The molecule has 0 spiro atoms. The third-order valence-corrected chi connectivity index (χ3v) is 0. The molecule has 0 radical (unpaired) electrons. The van der Waals surface area contributed by atoms with Crippen molar-refractivity contribution in [2.75, 3.05) is 0 Å². The van der Waals surface area contributed by atoms with Gasteiger partial charge in [0.05, 0.1) is 0 Å². The van der Waals surface area contributed by atoms with Gasteiger partial charge >= 0.3 is 30.0 Å². The molecular weight excluding hydrogens is 247 g/mol. The predicted octanol–water partition coefficient (Wildman–Crippen LogP) is 1.30. The molecule has 0 aliphatic rings. The van der Waals surface area contributed by atoms with Gasteiger partial charge in [-0.2, -0.15) is 0 Å². The average Bonchev–Trinajstić information content (AvgIpc) is 1.46. The van der Waals surface area contributed by atoms with Crippen LogP contribution in [0.5, 0.6) is 0 Å². The molecule has 0 saturated carbocycles. The van der Waals surface area contributed by atoms with Crippen LogP contribution in [0.2, 0.25) is 10.3 Å². The Balaban J connectivity index is 0. The van der Waals surface area contributed by atoms with Gasteiger partial charge in [0.25, 0.3) is 0 Å². The first-order chi connectivity index (χ1) is 2.41. The summed E-state index contributed by atoms with van der Waals surface area (Å²) in [6, 6.07) is 0. The normalized spacial score (nSPS) is 4.80. The van der Waals surface area contributed by atoms with Gasteiger partial charge in [0.1, 0.15) is 0 Å². The van der Waals surface area contributed by atoms with E-state index in [9.17, 15) is 0 Å². The summed E-state index contributed by atoms with van der Waals surface area (Å²) in [6.07, 6.45) is 0. The van der Waals surface area contributed by atoms with Gasteiger partial charge in [-0.15, -0.1) is 0 Å². The second-order valence-electron chi connectivity index (χ2n) is 0.302. The quantitative estimate of drug-likeness (QED) is 0.598. The summed E-state index contributed by atoms with van der Waals surface area (Å²) in [7, 11) is 0. The van der Waals surface area contributed by atoms with Crippen molar-refractivity contribution in [3.05, 3.63) is 0 Å². The number of nitriles is 1. The minimum atomic E-state index is 0.667. The third kappa shape index (κ3) is 397. The second kappa shape index (κ2) is 29.2. The molecular formula is C3H7AuN. The summed E-state index contributed by atoms with van der Waals surface area (Å²) < 4.78 is 0. The van der Waals surface area contributed by atoms with E-state index in [4.69, 9.17) is 5.26 Å². The van der Waals surface area contributed by atoms with Crippen molar-refractivity contribution < 1.29 is 19.8 Å².